The molecule has 4 N–H and O–H groups in total. The highest BCUT2D eigenvalue weighted by atomic mass is 16.5. The van der Waals surface area contributed by atoms with Crippen molar-refractivity contribution in [1.29, 1.82) is 5.41 Å². The molecule has 0 spiro atoms. The Kier molecular flexibility index (Phi) is 10.0. The molecule has 3 aliphatic rings. The van der Waals surface area contributed by atoms with E-state index >= 15 is 0 Å². The van der Waals surface area contributed by atoms with Crippen molar-refractivity contribution in [3.8, 4) is 0 Å². The van der Waals surface area contributed by atoms with Crippen molar-refractivity contribution in [2.75, 3.05) is 33.3 Å². The van der Waals surface area contributed by atoms with Crippen LogP contribution in [0.25, 0.3) is 0 Å². The molecule has 4 atom stereocenters. The minimum absolute atomic E-state index is 0.0254. The first-order chi connectivity index (χ1) is 16.3. The average molecular weight is 480 g/mol. The van der Waals surface area contributed by atoms with Gasteiger partial charge in [0.1, 0.15) is 0 Å². The van der Waals surface area contributed by atoms with Gasteiger partial charge in [-0.3, -0.25) is 19.9 Å². The van der Waals surface area contributed by atoms with Gasteiger partial charge in [0.25, 0.3) is 0 Å². The SMILES string of the molecule is C[C@@H]1CCC[C@H](N(C)[C@@H](CC(=O)O)C(=O)N2CCCC[C@H]2CCOC2CCN(C(=N)N)CC2)C1. The summed E-state index contributed by atoms with van der Waals surface area (Å²) in [6.07, 6.45) is 9.94. The summed E-state index contributed by atoms with van der Waals surface area (Å²) in [5, 5.41) is 17.1. The van der Waals surface area contributed by atoms with Gasteiger partial charge < -0.3 is 25.4 Å². The molecule has 34 heavy (non-hydrogen) atoms. The van der Waals surface area contributed by atoms with Crippen LogP contribution < -0.4 is 5.73 Å². The highest BCUT2D eigenvalue weighted by Gasteiger charge is 2.38. The van der Waals surface area contributed by atoms with E-state index in [2.05, 4.69) is 11.8 Å². The predicted molar refractivity (Wildman–Crippen MR) is 132 cm³/mol. The number of carboxylic acids is 1. The van der Waals surface area contributed by atoms with Gasteiger partial charge in [0.15, 0.2) is 5.96 Å². The zero-order valence-electron chi connectivity index (χ0n) is 21.1. The van der Waals surface area contributed by atoms with E-state index in [4.69, 9.17) is 15.9 Å². The summed E-state index contributed by atoms with van der Waals surface area (Å²) in [6, 6.07) is -0.233. The Hall–Kier alpha value is -1.87. The number of nitrogens with two attached hydrogens (primary N) is 1. The number of nitrogens with one attached hydrogen (secondary N) is 1. The zero-order valence-corrected chi connectivity index (χ0v) is 21.1. The van der Waals surface area contributed by atoms with Crippen molar-refractivity contribution in [1.82, 2.24) is 14.7 Å². The summed E-state index contributed by atoms with van der Waals surface area (Å²) < 4.78 is 6.14. The Bertz CT molecular complexity index is 697. The van der Waals surface area contributed by atoms with Crippen LogP contribution in [0.5, 0.6) is 0 Å². The highest BCUT2D eigenvalue weighted by molar-refractivity contribution is 5.86. The van der Waals surface area contributed by atoms with Gasteiger partial charge in [-0.05, 0) is 64.3 Å². The topological polar surface area (TPSA) is 123 Å². The van der Waals surface area contributed by atoms with Crippen LogP contribution in [0.2, 0.25) is 0 Å². The van der Waals surface area contributed by atoms with Crippen LogP contribution in [-0.4, -0.2) is 95.2 Å². The number of aliphatic carboxylic acids is 1. The number of carbonyl (C=O) groups excluding carboxylic acids is 1. The van der Waals surface area contributed by atoms with Gasteiger partial charge in [-0.1, -0.05) is 19.8 Å². The maximum Gasteiger partial charge on any atom is 0.305 e. The van der Waals surface area contributed by atoms with Gasteiger partial charge in [-0.2, -0.15) is 0 Å². The molecule has 3 rings (SSSR count). The third-order valence-corrected chi connectivity index (χ3v) is 8.13. The summed E-state index contributed by atoms with van der Waals surface area (Å²) in [5.41, 5.74) is 5.57. The van der Waals surface area contributed by atoms with Gasteiger partial charge in [0, 0.05) is 38.3 Å². The Morgan fingerprint density at radius 1 is 1.12 bits per heavy atom. The van der Waals surface area contributed by atoms with Crippen molar-refractivity contribution in [2.45, 2.75) is 102 Å². The highest BCUT2D eigenvalue weighted by Crippen LogP contribution is 2.30. The summed E-state index contributed by atoms with van der Waals surface area (Å²) in [6.45, 7) is 5.04. The molecule has 194 valence electrons. The number of ether oxygens (including phenoxy) is 1. The first-order valence-electron chi connectivity index (χ1n) is 13.2. The Morgan fingerprint density at radius 2 is 1.85 bits per heavy atom. The van der Waals surface area contributed by atoms with Crippen LogP contribution in [0.3, 0.4) is 0 Å². The van der Waals surface area contributed by atoms with Crippen molar-refractivity contribution in [2.24, 2.45) is 11.7 Å². The molecule has 9 nitrogen and oxygen atoms in total. The van der Waals surface area contributed by atoms with E-state index in [0.717, 1.165) is 70.9 Å². The number of piperidine rings is 2. The van der Waals surface area contributed by atoms with Crippen molar-refractivity contribution < 1.29 is 19.4 Å². The normalized spacial score (nSPS) is 27.6. The summed E-state index contributed by atoms with van der Waals surface area (Å²) in [7, 11) is 1.95. The number of rotatable bonds is 9. The smallest absolute Gasteiger partial charge is 0.305 e. The monoisotopic (exact) mass is 479 g/mol. The van der Waals surface area contributed by atoms with Gasteiger partial charge >= 0.3 is 5.97 Å². The molecule has 1 saturated carbocycles. The Labute approximate surface area is 204 Å². The number of amides is 1. The number of nitrogens with zero attached hydrogens (tertiary/aromatic N) is 3. The molecule has 2 aliphatic heterocycles. The Balaban J connectivity index is 1.57. The van der Waals surface area contributed by atoms with Crippen molar-refractivity contribution in [3.63, 3.8) is 0 Å². The zero-order chi connectivity index (χ0) is 24.7. The lowest BCUT2D eigenvalue weighted by molar-refractivity contribution is -0.149. The van der Waals surface area contributed by atoms with E-state index in [1.165, 1.54) is 6.42 Å². The van der Waals surface area contributed by atoms with E-state index in [1.807, 2.05) is 16.8 Å². The number of hydrogen-bond donors (Lipinski definition) is 3. The second kappa shape index (κ2) is 12.7. The van der Waals surface area contributed by atoms with Crippen molar-refractivity contribution in [3.05, 3.63) is 0 Å². The number of guanidine groups is 1. The standard InChI is InChI=1S/C25H45N5O4/c1-18-6-5-8-20(16-18)28(2)22(17-23(31)32)24(33)30-12-4-3-7-19(30)11-15-34-21-9-13-29(14-10-21)25(26)27/h18-22H,3-17H2,1-2H3,(H3,26,27)(H,31,32)/t18-,19+,20+,22+/m1/s1. The summed E-state index contributed by atoms with van der Waals surface area (Å²) in [4.78, 5) is 31.3. The number of likely N-dealkylation sites (N-methyl/N-ethyl adjacent to an activating group) is 1. The fourth-order valence-corrected chi connectivity index (χ4v) is 6.01. The van der Waals surface area contributed by atoms with E-state index in [9.17, 15) is 14.7 Å². The molecule has 3 fully saturated rings. The van der Waals surface area contributed by atoms with Crippen LogP contribution in [0.1, 0.15) is 77.6 Å². The molecule has 2 saturated heterocycles. The molecule has 2 heterocycles. The first kappa shape index (κ1) is 26.7. The minimum Gasteiger partial charge on any atom is -0.481 e. The number of carbonyl (C=O) groups is 2. The molecule has 0 unspecified atom stereocenters. The molecule has 0 bridgehead atoms. The first-order valence-corrected chi connectivity index (χ1v) is 13.2. The maximum atomic E-state index is 13.7. The van der Waals surface area contributed by atoms with E-state index < -0.39 is 12.0 Å². The third kappa shape index (κ3) is 7.31. The number of carboxylic acid groups (broad SMARTS) is 1. The van der Waals surface area contributed by atoms with Gasteiger partial charge in [0.2, 0.25) is 5.91 Å². The summed E-state index contributed by atoms with van der Waals surface area (Å²) >= 11 is 0. The third-order valence-electron chi connectivity index (χ3n) is 8.13. The van der Waals surface area contributed by atoms with Crippen LogP contribution in [0.4, 0.5) is 0 Å². The quantitative estimate of drug-likeness (QED) is 0.343. The molecule has 1 aliphatic carbocycles. The van der Waals surface area contributed by atoms with Gasteiger partial charge in [0.05, 0.1) is 18.6 Å². The van der Waals surface area contributed by atoms with E-state index in [-0.39, 0.29) is 36.5 Å². The van der Waals surface area contributed by atoms with Crippen LogP contribution in [0, 0.1) is 11.3 Å². The summed E-state index contributed by atoms with van der Waals surface area (Å²) in [5.74, 6) is -0.201. The Morgan fingerprint density at radius 3 is 2.50 bits per heavy atom. The molecule has 0 radical (unpaired) electrons. The number of likely N-dealkylation sites (tertiary alicyclic amines) is 2. The second-order valence-corrected chi connectivity index (χ2v) is 10.6. The van der Waals surface area contributed by atoms with Gasteiger partial charge in [-0.15, -0.1) is 0 Å². The molecule has 0 aromatic carbocycles. The fourth-order valence-electron chi connectivity index (χ4n) is 6.01. The molecule has 0 aromatic heterocycles. The molecule has 0 aromatic rings. The molecule has 9 heteroatoms. The second-order valence-electron chi connectivity index (χ2n) is 10.6. The lowest BCUT2D eigenvalue weighted by atomic mass is 9.85. The predicted octanol–water partition coefficient (Wildman–Crippen LogP) is 2.49. The molecular formula is C25H45N5O4. The lowest BCUT2D eigenvalue weighted by Gasteiger charge is -2.43. The maximum absolute atomic E-state index is 13.7. The van der Waals surface area contributed by atoms with Crippen LogP contribution in [0.15, 0.2) is 0 Å². The minimum atomic E-state index is -0.914. The van der Waals surface area contributed by atoms with Gasteiger partial charge in [-0.25, -0.2) is 0 Å². The average Bonchev–Trinajstić information content (AvgIpc) is 2.82. The largest absolute Gasteiger partial charge is 0.481 e. The fraction of sp³-hybridized carbons (Fsp3) is 0.880. The lowest BCUT2D eigenvalue weighted by Crippen LogP contribution is -2.56. The van der Waals surface area contributed by atoms with E-state index in [0.29, 0.717) is 19.1 Å². The number of hydrogen-bond acceptors (Lipinski definition) is 5. The van der Waals surface area contributed by atoms with Crippen LogP contribution in [-0.2, 0) is 14.3 Å². The molecule has 1 amide bonds. The van der Waals surface area contributed by atoms with Crippen molar-refractivity contribution >= 4 is 17.8 Å². The van der Waals surface area contributed by atoms with Crippen LogP contribution >= 0.6 is 0 Å². The molecular weight excluding hydrogens is 434 g/mol. The van der Waals surface area contributed by atoms with E-state index in [1.54, 1.807) is 0 Å².